The number of hydrogen-bond donors (Lipinski definition) is 2. The first-order chi connectivity index (χ1) is 13.9. The number of aromatic hydroxyl groups is 1. The lowest BCUT2D eigenvalue weighted by Gasteiger charge is -2.26. The van der Waals surface area contributed by atoms with Crippen LogP contribution < -0.4 is 4.90 Å². The number of anilines is 1. The number of thiazole rings is 1. The van der Waals surface area contributed by atoms with E-state index in [1.54, 1.807) is 36.0 Å². The number of nitrogens with zero attached hydrogens (tertiary/aromatic N) is 5. The highest BCUT2D eigenvalue weighted by atomic mass is 32.1. The fraction of sp³-hybridized carbons (Fsp3) is 0.429. The smallest absolute Gasteiger partial charge is 0.187 e. The summed E-state index contributed by atoms with van der Waals surface area (Å²) < 4.78 is 0. The van der Waals surface area contributed by atoms with Crippen molar-refractivity contribution in [3.63, 3.8) is 0 Å². The molecule has 0 fully saturated rings. The highest BCUT2D eigenvalue weighted by Gasteiger charge is 2.18. The molecular weight excluding hydrogens is 384 g/mol. The van der Waals surface area contributed by atoms with Crippen molar-refractivity contribution in [2.45, 2.75) is 53.0 Å². The predicted octanol–water partition coefficient (Wildman–Crippen LogP) is 5.10. The van der Waals surface area contributed by atoms with Crippen molar-refractivity contribution >= 4 is 27.2 Å². The molecule has 29 heavy (non-hydrogen) atoms. The Balaban J connectivity index is 1.86. The van der Waals surface area contributed by atoms with Gasteiger partial charge in [0.15, 0.2) is 5.13 Å². The molecule has 0 radical (unpaired) electrons. The SMILES string of the molecule is CCC[C@H](CC)N(C)c1nc(C)c(/N=C(\C)c2ncc(-c3cn[nH]c3)cc2O)s1. The number of aromatic amines is 1. The van der Waals surface area contributed by atoms with Crippen molar-refractivity contribution in [1.82, 2.24) is 20.2 Å². The third-order valence-electron chi connectivity index (χ3n) is 5.01. The van der Waals surface area contributed by atoms with Gasteiger partial charge in [0.25, 0.3) is 0 Å². The fourth-order valence-corrected chi connectivity index (χ4v) is 4.32. The number of rotatable bonds is 8. The number of aromatic nitrogens is 4. The van der Waals surface area contributed by atoms with Gasteiger partial charge in [0, 0.05) is 36.6 Å². The second-order valence-electron chi connectivity index (χ2n) is 7.12. The van der Waals surface area contributed by atoms with Gasteiger partial charge in [-0.15, -0.1) is 0 Å². The quantitative estimate of drug-likeness (QED) is 0.503. The van der Waals surface area contributed by atoms with E-state index in [0.717, 1.165) is 46.2 Å². The van der Waals surface area contributed by atoms with Gasteiger partial charge in [-0.2, -0.15) is 5.10 Å². The lowest BCUT2D eigenvalue weighted by atomic mass is 10.1. The minimum absolute atomic E-state index is 0.0958. The normalized spacial score (nSPS) is 12.9. The maximum Gasteiger partial charge on any atom is 0.187 e. The van der Waals surface area contributed by atoms with Crippen LogP contribution in [0.3, 0.4) is 0 Å². The highest BCUT2D eigenvalue weighted by molar-refractivity contribution is 7.19. The van der Waals surface area contributed by atoms with Crippen LogP contribution in [0.2, 0.25) is 0 Å². The summed E-state index contributed by atoms with van der Waals surface area (Å²) in [6.45, 7) is 8.24. The Morgan fingerprint density at radius 1 is 1.31 bits per heavy atom. The first kappa shape index (κ1) is 21.0. The molecule has 154 valence electrons. The van der Waals surface area contributed by atoms with E-state index >= 15 is 0 Å². The van der Waals surface area contributed by atoms with E-state index in [0.29, 0.717) is 17.4 Å². The highest BCUT2D eigenvalue weighted by Crippen LogP contribution is 2.35. The average molecular weight is 413 g/mol. The lowest BCUT2D eigenvalue weighted by molar-refractivity contribution is 0.471. The minimum atomic E-state index is 0.0958. The zero-order valence-corrected chi connectivity index (χ0v) is 18.4. The summed E-state index contributed by atoms with van der Waals surface area (Å²) in [6.07, 6.45) is 8.55. The van der Waals surface area contributed by atoms with Crippen LogP contribution in [0.15, 0.2) is 29.6 Å². The summed E-state index contributed by atoms with van der Waals surface area (Å²) in [6, 6.07) is 2.16. The largest absolute Gasteiger partial charge is 0.506 e. The molecule has 3 heterocycles. The van der Waals surface area contributed by atoms with Crippen molar-refractivity contribution in [1.29, 1.82) is 0 Å². The van der Waals surface area contributed by atoms with E-state index < -0.39 is 0 Å². The number of aryl methyl sites for hydroxylation is 1. The third kappa shape index (κ3) is 4.64. The molecule has 0 amide bonds. The van der Waals surface area contributed by atoms with Crippen molar-refractivity contribution in [3.05, 3.63) is 36.0 Å². The van der Waals surface area contributed by atoms with E-state index in [1.807, 2.05) is 13.8 Å². The first-order valence-electron chi connectivity index (χ1n) is 9.88. The van der Waals surface area contributed by atoms with E-state index in [9.17, 15) is 5.11 Å². The van der Waals surface area contributed by atoms with Crippen LogP contribution in [0.1, 0.15) is 51.4 Å². The number of pyridine rings is 1. The van der Waals surface area contributed by atoms with Crippen molar-refractivity contribution < 1.29 is 5.11 Å². The monoisotopic (exact) mass is 412 g/mol. The molecule has 0 saturated heterocycles. The topological polar surface area (TPSA) is 90.3 Å². The summed E-state index contributed by atoms with van der Waals surface area (Å²) in [5, 5.41) is 19.0. The average Bonchev–Trinajstić information content (AvgIpc) is 3.36. The lowest BCUT2D eigenvalue weighted by Crippen LogP contribution is -2.30. The molecule has 0 aromatic carbocycles. The molecule has 1 atom stereocenters. The molecule has 0 aliphatic heterocycles. The molecule has 0 aliphatic rings. The summed E-state index contributed by atoms with van der Waals surface area (Å²) >= 11 is 1.57. The summed E-state index contributed by atoms with van der Waals surface area (Å²) in [7, 11) is 2.10. The third-order valence-corrected chi connectivity index (χ3v) is 6.16. The molecule has 0 unspecified atom stereocenters. The van der Waals surface area contributed by atoms with Gasteiger partial charge in [-0.05, 0) is 32.8 Å². The zero-order chi connectivity index (χ0) is 21.0. The molecule has 2 N–H and O–H groups in total. The summed E-state index contributed by atoms with van der Waals surface area (Å²) in [4.78, 5) is 16.1. The summed E-state index contributed by atoms with van der Waals surface area (Å²) in [5.74, 6) is 0.0958. The van der Waals surface area contributed by atoms with Crippen LogP contribution >= 0.6 is 11.3 Å². The maximum absolute atomic E-state index is 10.5. The Morgan fingerprint density at radius 3 is 2.72 bits per heavy atom. The Kier molecular flexibility index (Phi) is 6.64. The van der Waals surface area contributed by atoms with Gasteiger partial charge in [-0.25, -0.2) is 9.98 Å². The number of hydrogen-bond acceptors (Lipinski definition) is 7. The second kappa shape index (κ2) is 9.17. The molecule has 3 rings (SSSR count). The molecule has 8 heteroatoms. The van der Waals surface area contributed by atoms with E-state index in [4.69, 9.17) is 9.98 Å². The van der Waals surface area contributed by atoms with Crippen molar-refractivity contribution in [2.75, 3.05) is 11.9 Å². The van der Waals surface area contributed by atoms with Crippen molar-refractivity contribution in [2.24, 2.45) is 4.99 Å². The van der Waals surface area contributed by atoms with Gasteiger partial charge >= 0.3 is 0 Å². The van der Waals surface area contributed by atoms with Gasteiger partial charge in [0.05, 0.1) is 17.6 Å². The number of aliphatic imine (C=N–C) groups is 1. The zero-order valence-electron chi connectivity index (χ0n) is 17.6. The van der Waals surface area contributed by atoms with Crippen LogP contribution in [-0.4, -0.2) is 44.1 Å². The van der Waals surface area contributed by atoms with E-state index in [1.165, 1.54) is 0 Å². The van der Waals surface area contributed by atoms with Crippen LogP contribution in [0.5, 0.6) is 5.75 Å². The first-order valence-corrected chi connectivity index (χ1v) is 10.7. The maximum atomic E-state index is 10.5. The molecule has 3 aromatic rings. The van der Waals surface area contributed by atoms with Gasteiger partial charge in [0.1, 0.15) is 16.4 Å². The Hall–Kier alpha value is -2.74. The van der Waals surface area contributed by atoms with Gasteiger partial charge in [-0.1, -0.05) is 31.6 Å². The predicted molar refractivity (Wildman–Crippen MR) is 120 cm³/mol. The summed E-state index contributed by atoms with van der Waals surface area (Å²) in [5.41, 5.74) is 3.68. The Bertz CT molecular complexity index is 979. The number of nitrogens with one attached hydrogen (secondary N) is 1. The molecule has 0 spiro atoms. The van der Waals surface area contributed by atoms with Crippen LogP contribution in [-0.2, 0) is 0 Å². The standard InChI is InChI=1S/C21H28N6OS/c1-6-8-17(7-2)27(5)21-26-14(4)20(29-21)25-13(3)19-18(28)9-15(10-22-19)16-11-23-24-12-16/h9-12,17,28H,6-8H2,1-5H3,(H,23,24)/b25-13+/t17-/m0/s1. The van der Waals surface area contributed by atoms with Crippen LogP contribution in [0.25, 0.3) is 11.1 Å². The van der Waals surface area contributed by atoms with Crippen LogP contribution in [0, 0.1) is 6.92 Å². The number of H-pyrrole nitrogens is 1. The van der Waals surface area contributed by atoms with Gasteiger partial charge in [-0.3, -0.25) is 10.1 Å². The van der Waals surface area contributed by atoms with E-state index in [-0.39, 0.29) is 5.75 Å². The van der Waals surface area contributed by atoms with E-state index in [2.05, 4.69) is 41.0 Å². The molecule has 0 aliphatic carbocycles. The molecule has 0 bridgehead atoms. The second-order valence-corrected chi connectivity index (χ2v) is 8.08. The Morgan fingerprint density at radius 2 is 2.10 bits per heavy atom. The van der Waals surface area contributed by atoms with Gasteiger partial charge < -0.3 is 10.0 Å². The van der Waals surface area contributed by atoms with Crippen LogP contribution in [0.4, 0.5) is 10.1 Å². The van der Waals surface area contributed by atoms with Gasteiger partial charge in [0.2, 0.25) is 0 Å². The van der Waals surface area contributed by atoms with Crippen molar-refractivity contribution in [3.8, 4) is 16.9 Å². The molecular formula is C21H28N6OS. The molecule has 0 saturated carbocycles. The minimum Gasteiger partial charge on any atom is -0.506 e. The molecule has 3 aromatic heterocycles. The fourth-order valence-electron chi connectivity index (χ4n) is 3.29. The molecule has 7 nitrogen and oxygen atoms in total. The Labute approximate surface area is 175 Å².